The highest BCUT2D eigenvalue weighted by atomic mass is 79.9. The van der Waals surface area contributed by atoms with E-state index in [1.165, 1.54) is 0 Å². The van der Waals surface area contributed by atoms with Gasteiger partial charge in [0.05, 0.1) is 19.2 Å². The van der Waals surface area contributed by atoms with Crippen LogP contribution in [0.1, 0.15) is 18.9 Å². The van der Waals surface area contributed by atoms with Crippen molar-refractivity contribution in [2.24, 2.45) is 15.9 Å². The summed E-state index contributed by atoms with van der Waals surface area (Å²) in [5.74, 6) is 1.63. The Morgan fingerprint density at radius 1 is 1.25 bits per heavy atom. The van der Waals surface area contributed by atoms with Crippen LogP contribution in [0.4, 0.5) is 0 Å². The van der Waals surface area contributed by atoms with Crippen molar-refractivity contribution in [1.29, 1.82) is 0 Å². The molecule has 1 aliphatic rings. The Kier molecular flexibility index (Phi) is 5.15. The summed E-state index contributed by atoms with van der Waals surface area (Å²) in [6.07, 6.45) is 0.667. The molecule has 2 rings (SSSR count). The number of hydrogen-bond donors (Lipinski definition) is 0. The predicted octanol–water partition coefficient (Wildman–Crippen LogP) is 2.94. The molecule has 20 heavy (non-hydrogen) atoms. The number of methoxy groups -OCH3 is 2. The predicted molar refractivity (Wildman–Crippen MR) is 84.8 cm³/mol. The van der Waals surface area contributed by atoms with E-state index >= 15 is 0 Å². The fraction of sp³-hybridized carbons (Fsp3) is 0.615. The van der Waals surface area contributed by atoms with Gasteiger partial charge in [-0.05, 0) is 21.8 Å². The molecule has 0 saturated heterocycles. The van der Waals surface area contributed by atoms with Crippen molar-refractivity contribution in [1.82, 2.24) is 4.98 Å². The van der Waals surface area contributed by atoms with Crippen molar-refractivity contribution in [3.8, 4) is 0 Å². The Labute approximate surface area is 131 Å². The van der Waals surface area contributed by atoms with Gasteiger partial charge in [0, 0.05) is 11.8 Å². The normalized spacial score (nSPS) is 22.5. The first-order valence-electron chi connectivity index (χ1n) is 6.38. The quantitative estimate of drug-likeness (QED) is 0.833. The highest BCUT2D eigenvalue weighted by molar-refractivity contribution is 9.10. The molecule has 0 N–H and O–H groups in total. The molecule has 0 fully saturated rings. The van der Waals surface area contributed by atoms with Crippen LogP contribution in [0.15, 0.2) is 20.0 Å². The minimum atomic E-state index is -0.164. The lowest BCUT2D eigenvalue weighted by Crippen LogP contribution is -2.38. The fourth-order valence-corrected chi connectivity index (χ4v) is 3.34. The fourth-order valence-electron chi connectivity index (χ4n) is 2.04. The zero-order valence-electron chi connectivity index (χ0n) is 12.0. The van der Waals surface area contributed by atoms with Gasteiger partial charge in [-0.2, -0.15) is 0 Å². The van der Waals surface area contributed by atoms with E-state index in [9.17, 15) is 0 Å². The Morgan fingerprint density at radius 3 is 2.45 bits per heavy atom. The highest BCUT2D eigenvalue weighted by Crippen LogP contribution is 2.22. The van der Waals surface area contributed by atoms with E-state index in [0.29, 0.717) is 24.1 Å². The van der Waals surface area contributed by atoms with E-state index < -0.39 is 0 Å². The smallest absolute Gasteiger partial charge is 0.209 e. The molecule has 7 heteroatoms. The highest BCUT2D eigenvalue weighted by Gasteiger charge is 2.31. The topological polar surface area (TPSA) is 56.1 Å². The summed E-state index contributed by atoms with van der Waals surface area (Å²) in [6.45, 7) is 4.18. The molecule has 5 nitrogen and oxygen atoms in total. The molecule has 0 bridgehead atoms. The van der Waals surface area contributed by atoms with E-state index in [1.54, 1.807) is 25.6 Å². The molecule has 2 heterocycles. The molecule has 1 aliphatic heterocycles. The van der Waals surface area contributed by atoms with Gasteiger partial charge in [-0.25, -0.2) is 15.0 Å². The molecule has 0 radical (unpaired) electrons. The third-order valence-electron chi connectivity index (χ3n) is 3.03. The summed E-state index contributed by atoms with van der Waals surface area (Å²) in [7, 11) is 3.27. The van der Waals surface area contributed by atoms with Crippen molar-refractivity contribution in [3.63, 3.8) is 0 Å². The van der Waals surface area contributed by atoms with Gasteiger partial charge in [0.15, 0.2) is 0 Å². The largest absolute Gasteiger partial charge is 0.483 e. The first-order valence-corrected chi connectivity index (χ1v) is 8.05. The third-order valence-corrected chi connectivity index (χ3v) is 4.61. The van der Waals surface area contributed by atoms with Gasteiger partial charge in [0.25, 0.3) is 0 Å². The van der Waals surface area contributed by atoms with Gasteiger partial charge in [-0.1, -0.05) is 13.8 Å². The standard InChI is InChI=1S/C13H18BrN3O2S/c1-7(2)11-13(19-4)15-8(12(17-11)18-3)5-10-16-9(14)6-20-10/h6-8,11H,5H2,1-4H3/t8-,11+/m0/s1. The van der Waals surface area contributed by atoms with Crippen molar-refractivity contribution < 1.29 is 9.47 Å². The van der Waals surface area contributed by atoms with Gasteiger partial charge in [0.1, 0.15) is 16.7 Å². The zero-order chi connectivity index (χ0) is 14.7. The molecule has 0 aromatic carbocycles. The van der Waals surface area contributed by atoms with Crippen LogP contribution in [0.5, 0.6) is 0 Å². The Bertz CT molecular complexity index is 527. The molecule has 0 saturated carbocycles. The molecular weight excluding hydrogens is 342 g/mol. The summed E-state index contributed by atoms with van der Waals surface area (Å²) < 4.78 is 11.6. The van der Waals surface area contributed by atoms with E-state index in [1.807, 2.05) is 5.38 Å². The lowest BCUT2D eigenvalue weighted by Gasteiger charge is -2.26. The molecular formula is C13H18BrN3O2S. The number of ether oxygens (including phenoxy) is 2. The van der Waals surface area contributed by atoms with E-state index in [-0.39, 0.29) is 12.1 Å². The average Bonchev–Trinajstić information content (AvgIpc) is 2.83. The van der Waals surface area contributed by atoms with Gasteiger partial charge >= 0.3 is 0 Å². The summed E-state index contributed by atoms with van der Waals surface area (Å²) >= 11 is 4.95. The second-order valence-electron chi connectivity index (χ2n) is 4.82. The first kappa shape index (κ1) is 15.4. The molecule has 0 unspecified atom stereocenters. The molecule has 110 valence electrons. The first-order chi connectivity index (χ1) is 9.55. The second-order valence-corrected chi connectivity index (χ2v) is 6.57. The van der Waals surface area contributed by atoms with Crippen LogP contribution < -0.4 is 0 Å². The van der Waals surface area contributed by atoms with Crippen LogP contribution in [0.2, 0.25) is 0 Å². The third kappa shape index (κ3) is 3.38. The van der Waals surface area contributed by atoms with E-state index in [0.717, 1.165) is 9.61 Å². The maximum Gasteiger partial charge on any atom is 0.209 e. The van der Waals surface area contributed by atoms with Crippen molar-refractivity contribution in [3.05, 3.63) is 15.0 Å². The van der Waals surface area contributed by atoms with E-state index in [2.05, 4.69) is 44.7 Å². The van der Waals surface area contributed by atoms with Crippen LogP contribution in [0.3, 0.4) is 0 Å². The van der Waals surface area contributed by atoms with Gasteiger partial charge in [-0.15, -0.1) is 11.3 Å². The van der Waals surface area contributed by atoms with Crippen molar-refractivity contribution >= 4 is 39.1 Å². The SMILES string of the molecule is COC1=N[C@H](C(C)C)C(OC)=N[C@H]1Cc1nc(Br)cs1. The molecule has 0 spiro atoms. The summed E-state index contributed by atoms with van der Waals surface area (Å²) in [4.78, 5) is 13.7. The number of hydrogen-bond acceptors (Lipinski definition) is 6. The minimum Gasteiger partial charge on any atom is -0.483 e. The number of nitrogens with zero attached hydrogens (tertiary/aromatic N) is 3. The molecule has 0 amide bonds. The van der Waals surface area contributed by atoms with Gasteiger partial charge in [0.2, 0.25) is 11.8 Å². The molecule has 0 aliphatic carbocycles. The average molecular weight is 360 g/mol. The second kappa shape index (κ2) is 6.67. The molecule has 1 aromatic rings. The monoisotopic (exact) mass is 359 g/mol. The Hall–Kier alpha value is -0.950. The summed E-state index contributed by atoms with van der Waals surface area (Å²) in [5, 5.41) is 2.95. The number of halogens is 1. The van der Waals surface area contributed by atoms with Crippen LogP contribution in [-0.4, -0.2) is 43.1 Å². The van der Waals surface area contributed by atoms with Crippen LogP contribution in [0.25, 0.3) is 0 Å². The summed E-state index contributed by atoms with van der Waals surface area (Å²) in [6, 6.07) is -0.239. The van der Waals surface area contributed by atoms with E-state index in [4.69, 9.17) is 9.47 Å². The minimum absolute atomic E-state index is 0.0748. The lowest BCUT2D eigenvalue weighted by atomic mass is 10.0. The number of aromatic nitrogens is 1. The molecule has 2 atom stereocenters. The van der Waals surface area contributed by atoms with Crippen LogP contribution in [0, 0.1) is 5.92 Å². The molecule has 1 aromatic heterocycles. The van der Waals surface area contributed by atoms with Gasteiger partial charge in [-0.3, -0.25) is 0 Å². The maximum absolute atomic E-state index is 5.41. The summed E-state index contributed by atoms with van der Waals surface area (Å²) in [5.41, 5.74) is 0. The Morgan fingerprint density at radius 2 is 1.95 bits per heavy atom. The van der Waals surface area contributed by atoms with Gasteiger partial charge < -0.3 is 9.47 Å². The number of thiazole rings is 1. The Balaban J connectivity index is 2.23. The number of rotatable bonds is 3. The maximum atomic E-state index is 5.41. The zero-order valence-corrected chi connectivity index (χ0v) is 14.4. The number of aliphatic imine (C=N–C) groups is 2. The van der Waals surface area contributed by atoms with Crippen LogP contribution in [-0.2, 0) is 15.9 Å². The van der Waals surface area contributed by atoms with Crippen molar-refractivity contribution in [2.75, 3.05) is 14.2 Å². The van der Waals surface area contributed by atoms with Crippen LogP contribution >= 0.6 is 27.3 Å². The van der Waals surface area contributed by atoms with Crippen molar-refractivity contribution in [2.45, 2.75) is 32.4 Å². The lowest BCUT2D eigenvalue weighted by molar-refractivity contribution is 0.332.